The molecule has 3 rings (SSSR count). The Morgan fingerprint density at radius 3 is 2.70 bits per heavy atom. The van der Waals surface area contributed by atoms with E-state index >= 15 is 0 Å². The number of amides is 1. The summed E-state index contributed by atoms with van der Waals surface area (Å²) in [6, 6.07) is 3.13. The molecule has 6 heteroatoms. The Balaban J connectivity index is 1.92. The highest BCUT2D eigenvalue weighted by molar-refractivity contribution is 5.97. The summed E-state index contributed by atoms with van der Waals surface area (Å²) >= 11 is 0. The molecule has 3 atom stereocenters. The predicted molar refractivity (Wildman–Crippen MR) is 80.9 cm³/mol. The number of likely N-dealkylation sites (tertiary alicyclic amines) is 1. The molecule has 1 amide bonds. The number of carbonyl (C=O) groups is 2. The summed E-state index contributed by atoms with van der Waals surface area (Å²) in [5.74, 6) is -1.72. The van der Waals surface area contributed by atoms with E-state index in [2.05, 4.69) is 0 Å². The van der Waals surface area contributed by atoms with Crippen molar-refractivity contribution >= 4 is 11.9 Å². The summed E-state index contributed by atoms with van der Waals surface area (Å²) in [6.07, 6.45) is 4.33. The summed E-state index contributed by atoms with van der Waals surface area (Å²) in [7, 11) is 1.35. The predicted octanol–water partition coefficient (Wildman–Crippen LogP) is 2.69. The van der Waals surface area contributed by atoms with Gasteiger partial charge in [0.1, 0.15) is 6.04 Å². The average Bonchev–Trinajstić information content (AvgIpc) is 2.93. The summed E-state index contributed by atoms with van der Waals surface area (Å²) in [5, 5.41) is 9.48. The van der Waals surface area contributed by atoms with Crippen LogP contribution in [0.5, 0.6) is 5.75 Å². The van der Waals surface area contributed by atoms with Gasteiger partial charge in [-0.25, -0.2) is 9.18 Å². The molecule has 1 aliphatic heterocycles. The maximum absolute atomic E-state index is 13.9. The molecule has 2 aliphatic rings. The number of halogens is 1. The molecule has 0 spiro atoms. The van der Waals surface area contributed by atoms with Crippen molar-refractivity contribution in [2.75, 3.05) is 7.11 Å². The molecule has 5 nitrogen and oxygen atoms in total. The maximum atomic E-state index is 13.9. The standard InChI is InChI=1S/C17H20FNO4/c1-23-15-7-6-11(8-12(15)18)16(20)19-13-5-3-2-4-10(13)9-14(19)17(21)22/h6-8,10,13-14H,2-5,9H2,1H3,(H,21,22)/t10-,13-,14-/m0/s1. The smallest absolute Gasteiger partial charge is 0.326 e. The van der Waals surface area contributed by atoms with Crippen molar-refractivity contribution in [3.63, 3.8) is 0 Å². The van der Waals surface area contributed by atoms with Crippen LogP contribution < -0.4 is 4.74 Å². The van der Waals surface area contributed by atoms with Gasteiger partial charge in [-0.05, 0) is 43.4 Å². The first-order valence-electron chi connectivity index (χ1n) is 7.92. The highest BCUT2D eigenvalue weighted by atomic mass is 19.1. The zero-order chi connectivity index (χ0) is 16.6. The summed E-state index contributed by atoms with van der Waals surface area (Å²) in [5.41, 5.74) is 0.167. The third kappa shape index (κ3) is 2.78. The van der Waals surface area contributed by atoms with Gasteiger partial charge < -0.3 is 14.7 Å². The third-order valence-electron chi connectivity index (χ3n) is 5.01. The van der Waals surface area contributed by atoms with E-state index < -0.39 is 23.7 Å². The van der Waals surface area contributed by atoms with Gasteiger partial charge >= 0.3 is 5.97 Å². The molecule has 124 valence electrons. The first-order valence-corrected chi connectivity index (χ1v) is 7.92. The fourth-order valence-electron chi connectivity index (χ4n) is 3.92. The van der Waals surface area contributed by atoms with Crippen LogP contribution >= 0.6 is 0 Å². The van der Waals surface area contributed by atoms with E-state index in [1.807, 2.05) is 0 Å². The lowest BCUT2D eigenvalue weighted by Gasteiger charge is -2.33. The van der Waals surface area contributed by atoms with Crippen molar-refractivity contribution in [3.8, 4) is 5.75 Å². The van der Waals surface area contributed by atoms with Crippen molar-refractivity contribution < 1.29 is 23.8 Å². The molecule has 1 aromatic carbocycles. The molecule has 1 heterocycles. The molecule has 1 saturated heterocycles. The van der Waals surface area contributed by atoms with Crippen LogP contribution in [0, 0.1) is 11.7 Å². The monoisotopic (exact) mass is 321 g/mol. The summed E-state index contributed by atoms with van der Waals surface area (Å²) in [4.78, 5) is 25.9. The second-order valence-corrected chi connectivity index (χ2v) is 6.26. The van der Waals surface area contributed by atoms with Gasteiger partial charge in [0.25, 0.3) is 5.91 Å². The zero-order valence-electron chi connectivity index (χ0n) is 13.0. The van der Waals surface area contributed by atoms with Crippen LogP contribution in [0.15, 0.2) is 18.2 Å². The first kappa shape index (κ1) is 15.8. The van der Waals surface area contributed by atoms with Gasteiger partial charge in [-0.1, -0.05) is 12.8 Å². The van der Waals surface area contributed by atoms with E-state index in [1.165, 1.54) is 24.1 Å². The molecule has 1 aliphatic carbocycles. The molecule has 0 radical (unpaired) electrons. The molecule has 0 bridgehead atoms. The topological polar surface area (TPSA) is 66.8 Å². The number of carbonyl (C=O) groups excluding carboxylic acids is 1. The number of carboxylic acid groups (broad SMARTS) is 1. The van der Waals surface area contributed by atoms with Gasteiger partial charge in [-0.3, -0.25) is 4.79 Å². The lowest BCUT2D eigenvalue weighted by atomic mass is 9.84. The highest BCUT2D eigenvalue weighted by Gasteiger charge is 2.47. The van der Waals surface area contributed by atoms with Crippen molar-refractivity contribution in [3.05, 3.63) is 29.6 Å². The van der Waals surface area contributed by atoms with E-state index in [1.54, 1.807) is 0 Å². The first-order chi connectivity index (χ1) is 11.0. The van der Waals surface area contributed by atoms with Crippen LogP contribution in [0.1, 0.15) is 42.5 Å². The fraction of sp³-hybridized carbons (Fsp3) is 0.529. The molecule has 0 aromatic heterocycles. The molecule has 0 unspecified atom stereocenters. The Morgan fingerprint density at radius 2 is 2.04 bits per heavy atom. The van der Waals surface area contributed by atoms with E-state index in [9.17, 15) is 19.1 Å². The summed E-state index contributed by atoms with van der Waals surface area (Å²) < 4.78 is 18.7. The minimum absolute atomic E-state index is 0.0532. The van der Waals surface area contributed by atoms with Gasteiger partial charge in [-0.15, -0.1) is 0 Å². The fourth-order valence-corrected chi connectivity index (χ4v) is 3.92. The number of aliphatic carboxylic acids is 1. The third-order valence-corrected chi connectivity index (χ3v) is 5.01. The molecular weight excluding hydrogens is 301 g/mol. The van der Waals surface area contributed by atoms with E-state index in [4.69, 9.17) is 4.74 Å². The molecular formula is C17H20FNO4. The normalized spacial score (nSPS) is 26.7. The summed E-state index contributed by atoms with van der Waals surface area (Å²) in [6.45, 7) is 0. The lowest BCUT2D eigenvalue weighted by Crippen LogP contribution is -2.46. The Hall–Kier alpha value is -2.11. The van der Waals surface area contributed by atoms with Crippen LogP contribution in [0.3, 0.4) is 0 Å². The number of fused-ring (bicyclic) bond motifs is 1. The van der Waals surface area contributed by atoms with E-state index in [0.717, 1.165) is 31.7 Å². The van der Waals surface area contributed by atoms with Gasteiger partial charge in [0.2, 0.25) is 0 Å². The number of hydrogen-bond acceptors (Lipinski definition) is 3. The van der Waals surface area contributed by atoms with Crippen LogP contribution in [-0.4, -0.2) is 41.1 Å². The SMILES string of the molecule is COc1ccc(C(=O)N2[C@H](C(=O)O)C[C@@H]3CCCC[C@@H]32)cc1F. The van der Waals surface area contributed by atoms with Gasteiger partial charge in [0.15, 0.2) is 11.6 Å². The van der Waals surface area contributed by atoms with E-state index in [-0.39, 0.29) is 23.3 Å². The van der Waals surface area contributed by atoms with E-state index in [0.29, 0.717) is 6.42 Å². The Labute approximate surface area is 134 Å². The second-order valence-electron chi connectivity index (χ2n) is 6.26. The van der Waals surface area contributed by atoms with Crippen LogP contribution in [0.25, 0.3) is 0 Å². The second kappa shape index (κ2) is 6.18. The molecule has 1 saturated carbocycles. The number of benzene rings is 1. The lowest BCUT2D eigenvalue weighted by molar-refractivity contribution is -0.141. The van der Waals surface area contributed by atoms with Gasteiger partial charge in [0, 0.05) is 11.6 Å². The minimum Gasteiger partial charge on any atom is -0.494 e. The number of rotatable bonds is 3. The molecule has 23 heavy (non-hydrogen) atoms. The number of hydrogen-bond donors (Lipinski definition) is 1. The number of ether oxygens (including phenoxy) is 1. The largest absolute Gasteiger partial charge is 0.494 e. The highest BCUT2D eigenvalue weighted by Crippen LogP contribution is 2.40. The maximum Gasteiger partial charge on any atom is 0.326 e. The van der Waals surface area contributed by atoms with Gasteiger partial charge in [-0.2, -0.15) is 0 Å². The number of methoxy groups -OCH3 is 1. The Kier molecular flexibility index (Phi) is 4.24. The van der Waals surface area contributed by atoms with Crippen molar-refractivity contribution in [1.82, 2.24) is 4.90 Å². The quantitative estimate of drug-likeness (QED) is 0.929. The van der Waals surface area contributed by atoms with Crippen LogP contribution in [0.2, 0.25) is 0 Å². The van der Waals surface area contributed by atoms with Crippen molar-refractivity contribution in [2.45, 2.75) is 44.2 Å². The molecule has 1 N–H and O–H groups in total. The number of nitrogens with zero attached hydrogens (tertiary/aromatic N) is 1. The number of carboxylic acids is 1. The van der Waals surface area contributed by atoms with Crippen molar-refractivity contribution in [1.29, 1.82) is 0 Å². The minimum atomic E-state index is -0.985. The van der Waals surface area contributed by atoms with Crippen LogP contribution in [-0.2, 0) is 4.79 Å². The van der Waals surface area contributed by atoms with Gasteiger partial charge in [0.05, 0.1) is 7.11 Å². The zero-order valence-corrected chi connectivity index (χ0v) is 13.0. The molecule has 2 fully saturated rings. The molecule has 1 aromatic rings. The van der Waals surface area contributed by atoms with Crippen molar-refractivity contribution in [2.24, 2.45) is 5.92 Å². The Morgan fingerprint density at radius 1 is 1.30 bits per heavy atom. The van der Waals surface area contributed by atoms with Crippen LogP contribution in [0.4, 0.5) is 4.39 Å². The Bertz CT molecular complexity index is 633. The average molecular weight is 321 g/mol.